The molecule has 0 saturated carbocycles. The molecular weight excluding hydrogens is 300 g/mol. The average Bonchev–Trinajstić information content (AvgIpc) is 2.98. The fourth-order valence-corrected chi connectivity index (χ4v) is 2.61. The van der Waals surface area contributed by atoms with E-state index in [1.807, 2.05) is 0 Å². The van der Waals surface area contributed by atoms with Gasteiger partial charge in [0.2, 0.25) is 5.56 Å². The predicted molar refractivity (Wildman–Crippen MR) is 79.8 cm³/mol. The number of H-pyrrole nitrogens is 1. The first-order valence-electron chi connectivity index (χ1n) is 7.50. The molecule has 3 heterocycles. The summed E-state index contributed by atoms with van der Waals surface area (Å²) in [6.07, 6.45) is 3.11. The maximum absolute atomic E-state index is 12.5. The van der Waals surface area contributed by atoms with E-state index in [4.69, 9.17) is 9.26 Å². The van der Waals surface area contributed by atoms with Crippen LogP contribution in [0, 0.1) is 6.92 Å². The summed E-state index contributed by atoms with van der Waals surface area (Å²) in [4.78, 5) is 32.1. The third kappa shape index (κ3) is 3.84. The molecule has 0 spiro atoms. The Morgan fingerprint density at radius 1 is 1.57 bits per heavy atom. The van der Waals surface area contributed by atoms with Crippen molar-refractivity contribution in [1.82, 2.24) is 20.0 Å². The Labute approximate surface area is 132 Å². The summed E-state index contributed by atoms with van der Waals surface area (Å²) in [6.45, 7) is 3.12. The molecule has 1 aliphatic heterocycles. The van der Waals surface area contributed by atoms with Crippen molar-refractivity contribution in [1.29, 1.82) is 0 Å². The van der Waals surface area contributed by atoms with Gasteiger partial charge < -0.3 is 19.1 Å². The predicted octanol–water partition coefficient (Wildman–Crippen LogP) is 0.888. The minimum absolute atomic E-state index is 0.0816. The Balaban J connectivity index is 1.59. The van der Waals surface area contributed by atoms with Gasteiger partial charge in [0.15, 0.2) is 5.82 Å². The van der Waals surface area contributed by atoms with Crippen LogP contribution in [0.15, 0.2) is 27.6 Å². The number of nitrogens with zero attached hydrogens (tertiary/aromatic N) is 3. The standard InChI is InChI=1S/C15H18N4O4/c1-10-17-14(23-18-10)9-22-12-3-2-6-19(8-12)15(21)11-4-5-16-13(20)7-11/h4-5,7,12H,2-3,6,8-9H2,1H3,(H,16,20). The number of aromatic amines is 1. The Bertz CT molecular complexity index is 739. The lowest BCUT2D eigenvalue weighted by molar-refractivity contribution is -0.0153. The van der Waals surface area contributed by atoms with Crippen molar-refractivity contribution >= 4 is 5.91 Å². The fourth-order valence-electron chi connectivity index (χ4n) is 2.61. The summed E-state index contributed by atoms with van der Waals surface area (Å²) in [6, 6.07) is 2.92. The lowest BCUT2D eigenvalue weighted by Crippen LogP contribution is -2.43. The summed E-state index contributed by atoms with van der Waals surface area (Å²) in [7, 11) is 0. The van der Waals surface area contributed by atoms with E-state index >= 15 is 0 Å². The second-order valence-corrected chi connectivity index (χ2v) is 5.50. The maximum atomic E-state index is 12.5. The molecule has 1 atom stereocenters. The number of rotatable bonds is 4. The Kier molecular flexibility index (Phi) is 4.52. The Hall–Kier alpha value is -2.48. The molecule has 1 amide bonds. The van der Waals surface area contributed by atoms with Crippen LogP contribution in [0.1, 0.15) is 34.9 Å². The summed E-state index contributed by atoms with van der Waals surface area (Å²) >= 11 is 0. The van der Waals surface area contributed by atoms with Gasteiger partial charge in [-0.3, -0.25) is 9.59 Å². The van der Waals surface area contributed by atoms with Crippen LogP contribution in [-0.4, -0.2) is 45.1 Å². The molecule has 3 rings (SSSR count). The number of likely N-dealkylation sites (tertiary alicyclic amines) is 1. The van der Waals surface area contributed by atoms with Gasteiger partial charge in [-0.05, 0) is 25.8 Å². The van der Waals surface area contributed by atoms with Crippen LogP contribution in [0.5, 0.6) is 0 Å². The molecule has 2 aromatic rings. The molecule has 2 aromatic heterocycles. The van der Waals surface area contributed by atoms with Crippen molar-refractivity contribution in [2.45, 2.75) is 32.5 Å². The Morgan fingerprint density at radius 2 is 2.43 bits per heavy atom. The van der Waals surface area contributed by atoms with Gasteiger partial charge in [-0.25, -0.2) is 0 Å². The number of nitrogens with one attached hydrogen (secondary N) is 1. The number of carbonyl (C=O) groups is 1. The number of aromatic nitrogens is 3. The molecule has 0 aliphatic carbocycles. The van der Waals surface area contributed by atoms with Gasteiger partial charge >= 0.3 is 0 Å². The molecule has 8 nitrogen and oxygen atoms in total. The second-order valence-electron chi connectivity index (χ2n) is 5.50. The zero-order chi connectivity index (χ0) is 16.2. The molecule has 23 heavy (non-hydrogen) atoms. The van der Waals surface area contributed by atoms with Crippen LogP contribution < -0.4 is 5.56 Å². The fraction of sp³-hybridized carbons (Fsp3) is 0.467. The third-order valence-electron chi connectivity index (χ3n) is 3.70. The molecule has 0 bridgehead atoms. The monoisotopic (exact) mass is 318 g/mol. The lowest BCUT2D eigenvalue weighted by Gasteiger charge is -2.32. The first-order chi connectivity index (χ1) is 11.1. The van der Waals surface area contributed by atoms with Crippen LogP contribution in [0.25, 0.3) is 0 Å². The number of aryl methyl sites for hydroxylation is 1. The van der Waals surface area contributed by atoms with Gasteiger partial charge in [-0.15, -0.1) is 0 Å². The minimum atomic E-state index is -0.285. The highest BCUT2D eigenvalue weighted by molar-refractivity contribution is 5.94. The molecule has 1 saturated heterocycles. The number of carbonyl (C=O) groups excluding carboxylic acids is 1. The van der Waals surface area contributed by atoms with E-state index in [1.54, 1.807) is 17.9 Å². The van der Waals surface area contributed by atoms with Crippen molar-refractivity contribution in [3.63, 3.8) is 0 Å². The van der Waals surface area contributed by atoms with E-state index in [0.717, 1.165) is 12.8 Å². The van der Waals surface area contributed by atoms with Crippen molar-refractivity contribution in [3.05, 3.63) is 46.0 Å². The molecule has 122 valence electrons. The number of amides is 1. The van der Waals surface area contributed by atoms with Crippen molar-refractivity contribution in [2.75, 3.05) is 13.1 Å². The zero-order valence-electron chi connectivity index (χ0n) is 12.8. The zero-order valence-corrected chi connectivity index (χ0v) is 12.8. The highest BCUT2D eigenvalue weighted by Crippen LogP contribution is 2.16. The van der Waals surface area contributed by atoms with E-state index in [1.165, 1.54) is 12.3 Å². The number of ether oxygens (including phenoxy) is 1. The summed E-state index contributed by atoms with van der Waals surface area (Å²) in [5.41, 5.74) is 0.106. The summed E-state index contributed by atoms with van der Waals surface area (Å²) in [5.74, 6) is 0.844. The number of hydrogen-bond donors (Lipinski definition) is 1. The highest BCUT2D eigenvalue weighted by atomic mass is 16.5. The number of piperidine rings is 1. The number of pyridine rings is 1. The largest absolute Gasteiger partial charge is 0.367 e. The van der Waals surface area contributed by atoms with E-state index in [9.17, 15) is 9.59 Å². The quantitative estimate of drug-likeness (QED) is 0.898. The number of hydrogen-bond acceptors (Lipinski definition) is 6. The highest BCUT2D eigenvalue weighted by Gasteiger charge is 2.25. The van der Waals surface area contributed by atoms with Crippen LogP contribution in [-0.2, 0) is 11.3 Å². The average molecular weight is 318 g/mol. The topological polar surface area (TPSA) is 101 Å². The van der Waals surface area contributed by atoms with Gasteiger partial charge in [0.1, 0.15) is 6.61 Å². The van der Waals surface area contributed by atoms with Crippen molar-refractivity contribution < 1.29 is 14.1 Å². The molecule has 1 aliphatic rings. The molecule has 8 heteroatoms. The van der Waals surface area contributed by atoms with Crippen LogP contribution in [0.3, 0.4) is 0 Å². The van der Waals surface area contributed by atoms with Gasteiger partial charge in [-0.1, -0.05) is 5.16 Å². The lowest BCUT2D eigenvalue weighted by atomic mass is 10.1. The van der Waals surface area contributed by atoms with E-state index in [0.29, 0.717) is 30.4 Å². The molecule has 0 aromatic carbocycles. The van der Waals surface area contributed by atoms with Crippen LogP contribution >= 0.6 is 0 Å². The van der Waals surface area contributed by atoms with Gasteiger partial charge in [-0.2, -0.15) is 4.98 Å². The van der Waals surface area contributed by atoms with Crippen LogP contribution in [0.4, 0.5) is 0 Å². The van der Waals surface area contributed by atoms with Gasteiger partial charge in [0.05, 0.1) is 6.10 Å². The third-order valence-corrected chi connectivity index (χ3v) is 3.70. The van der Waals surface area contributed by atoms with Crippen molar-refractivity contribution in [2.24, 2.45) is 0 Å². The molecule has 0 radical (unpaired) electrons. The summed E-state index contributed by atoms with van der Waals surface area (Å²) in [5, 5.41) is 3.71. The first-order valence-corrected chi connectivity index (χ1v) is 7.50. The van der Waals surface area contributed by atoms with E-state index in [2.05, 4.69) is 15.1 Å². The molecule has 1 fully saturated rings. The Morgan fingerprint density at radius 3 is 3.17 bits per heavy atom. The smallest absolute Gasteiger partial charge is 0.254 e. The minimum Gasteiger partial charge on any atom is -0.367 e. The van der Waals surface area contributed by atoms with Gasteiger partial charge in [0, 0.05) is 30.9 Å². The van der Waals surface area contributed by atoms with Crippen molar-refractivity contribution in [3.8, 4) is 0 Å². The SMILES string of the molecule is Cc1noc(COC2CCCN(C(=O)c3cc[nH]c(=O)c3)C2)n1. The van der Waals surface area contributed by atoms with E-state index < -0.39 is 0 Å². The first kappa shape index (κ1) is 15.4. The summed E-state index contributed by atoms with van der Waals surface area (Å²) < 4.78 is 10.8. The molecule has 1 N–H and O–H groups in total. The molecule has 1 unspecified atom stereocenters. The van der Waals surface area contributed by atoms with E-state index in [-0.39, 0.29) is 24.2 Å². The molecular formula is C15H18N4O4. The van der Waals surface area contributed by atoms with Gasteiger partial charge in [0.25, 0.3) is 11.8 Å². The maximum Gasteiger partial charge on any atom is 0.254 e. The normalized spacial score (nSPS) is 18.1. The second kappa shape index (κ2) is 6.74. The van der Waals surface area contributed by atoms with Crippen LogP contribution in [0.2, 0.25) is 0 Å².